The molecular formula is C24H19N5O2. The molecule has 7 heteroatoms. The fourth-order valence-corrected chi connectivity index (χ4v) is 3.01. The van der Waals surface area contributed by atoms with E-state index in [2.05, 4.69) is 25.3 Å². The highest BCUT2D eigenvalue weighted by atomic mass is 16.1. The summed E-state index contributed by atoms with van der Waals surface area (Å²) >= 11 is 0. The summed E-state index contributed by atoms with van der Waals surface area (Å²) in [5.41, 5.74) is 2.48. The van der Waals surface area contributed by atoms with Crippen LogP contribution in [0, 0.1) is 6.92 Å². The van der Waals surface area contributed by atoms with Gasteiger partial charge in [0.15, 0.2) is 11.6 Å². The van der Waals surface area contributed by atoms with E-state index in [0.29, 0.717) is 34.9 Å². The second kappa shape index (κ2) is 9.04. The maximum Gasteiger partial charge on any atom is 0.258 e. The summed E-state index contributed by atoms with van der Waals surface area (Å²) in [6.07, 6.45) is 1.96. The molecule has 4 aromatic rings. The molecule has 1 N–H and O–H groups in total. The third-order valence-electron chi connectivity index (χ3n) is 4.54. The first-order valence-electron chi connectivity index (χ1n) is 9.71. The number of hydrogen-bond acceptors (Lipinski definition) is 6. The Balaban J connectivity index is 1.47. The van der Waals surface area contributed by atoms with Gasteiger partial charge in [-0.15, -0.1) is 0 Å². The molecule has 0 bridgehead atoms. The van der Waals surface area contributed by atoms with Gasteiger partial charge in [-0.1, -0.05) is 48.5 Å². The number of hydrogen-bond donors (Lipinski definition) is 1. The number of aryl methyl sites for hydroxylation is 1. The van der Waals surface area contributed by atoms with Crippen molar-refractivity contribution in [2.24, 2.45) is 0 Å². The molecule has 152 valence electrons. The minimum Gasteiger partial charge on any atom is -0.294 e. The number of amides is 1. The number of carbonyl (C=O) groups is 2. The van der Waals surface area contributed by atoms with Crippen LogP contribution in [0.2, 0.25) is 0 Å². The molecule has 0 radical (unpaired) electrons. The standard InChI is InChI=1S/C24H19N5O2/c1-16-26-22(20-9-5-6-14-25-20)28-24(27-16)29-23(31)19-12-10-18(11-13-19)21(30)15-17-7-3-2-4-8-17/h2-14H,15H2,1H3,(H,26,27,28,29,31). The van der Waals surface area contributed by atoms with E-state index in [1.165, 1.54) is 0 Å². The van der Waals surface area contributed by atoms with Crippen molar-refractivity contribution in [3.8, 4) is 11.5 Å². The highest BCUT2D eigenvalue weighted by Crippen LogP contribution is 2.14. The van der Waals surface area contributed by atoms with Crippen LogP contribution in [0.15, 0.2) is 79.0 Å². The Labute approximate surface area is 179 Å². The molecule has 7 nitrogen and oxygen atoms in total. The molecule has 1 amide bonds. The van der Waals surface area contributed by atoms with Gasteiger partial charge < -0.3 is 0 Å². The van der Waals surface area contributed by atoms with E-state index in [4.69, 9.17) is 0 Å². The van der Waals surface area contributed by atoms with Gasteiger partial charge in [-0.05, 0) is 36.8 Å². The molecule has 0 aliphatic heterocycles. The zero-order valence-electron chi connectivity index (χ0n) is 16.8. The molecule has 2 aromatic heterocycles. The van der Waals surface area contributed by atoms with Crippen molar-refractivity contribution in [2.45, 2.75) is 13.3 Å². The monoisotopic (exact) mass is 409 g/mol. The van der Waals surface area contributed by atoms with Gasteiger partial charge in [0.25, 0.3) is 5.91 Å². The van der Waals surface area contributed by atoms with Crippen molar-refractivity contribution in [3.05, 3.63) is 102 Å². The van der Waals surface area contributed by atoms with Gasteiger partial charge in [-0.2, -0.15) is 9.97 Å². The molecule has 0 atom stereocenters. The van der Waals surface area contributed by atoms with Crippen molar-refractivity contribution in [2.75, 3.05) is 5.32 Å². The van der Waals surface area contributed by atoms with Crippen LogP contribution in [0.5, 0.6) is 0 Å². The Morgan fingerprint density at radius 3 is 2.23 bits per heavy atom. The fraction of sp³-hybridized carbons (Fsp3) is 0.0833. The van der Waals surface area contributed by atoms with Crippen LogP contribution in [-0.4, -0.2) is 31.6 Å². The van der Waals surface area contributed by atoms with Crippen LogP contribution in [0.4, 0.5) is 5.95 Å². The van der Waals surface area contributed by atoms with Crippen molar-refractivity contribution >= 4 is 17.6 Å². The minimum atomic E-state index is -0.375. The number of benzene rings is 2. The Kier molecular flexibility index (Phi) is 5.84. The van der Waals surface area contributed by atoms with E-state index in [1.54, 1.807) is 49.5 Å². The lowest BCUT2D eigenvalue weighted by Gasteiger charge is -2.07. The first-order chi connectivity index (χ1) is 15.1. The van der Waals surface area contributed by atoms with Crippen LogP contribution in [0.25, 0.3) is 11.5 Å². The van der Waals surface area contributed by atoms with Crippen LogP contribution >= 0.6 is 0 Å². The lowest BCUT2D eigenvalue weighted by atomic mass is 10.0. The van der Waals surface area contributed by atoms with E-state index in [0.717, 1.165) is 5.56 Å². The first kappa shape index (κ1) is 20.0. The minimum absolute atomic E-state index is 0.00810. The Hall–Kier alpha value is -4.26. The summed E-state index contributed by atoms with van der Waals surface area (Å²) in [4.78, 5) is 42.1. The molecule has 4 rings (SSSR count). The summed E-state index contributed by atoms with van der Waals surface area (Å²) in [5, 5.41) is 2.68. The third-order valence-corrected chi connectivity index (χ3v) is 4.54. The van der Waals surface area contributed by atoms with Crippen molar-refractivity contribution in [1.29, 1.82) is 0 Å². The Morgan fingerprint density at radius 2 is 1.52 bits per heavy atom. The maximum absolute atomic E-state index is 12.6. The SMILES string of the molecule is Cc1nc(NC(=O)c2ccc(C(=O)Cc3ccccc3)cc2)nc(-c2ccccn2)n1. The summed E-state index contributed by atoms with van der Waals surface area (Å²) in [6, 6.07) is 21.5. The van der Waals surface area contributed by atoms with E-state index >= 15 is 0 Å². The number of pyridine rings is 1. The smallest absolute Gasteiger partial charge is 0.258 e. The Bertz CT molecular complexity index is 1210. The summed E-state index contributed by atoms with van der Waals surface area (Å²) in [7, 11) is 0. The predicted molar refractivity (Wildman–Crippen MR) is 117 cm³/mol. The average Bonchev–Trinajstić information content (AvgIpc) is 2.80. The molecule has 2 aromatic carbocycles. The lowest BCUT2D eigenvalue weighted by molar-refractivity contribution is 0.0989. The van der Waals surface area contributed by atoms with Crippen molar-refractivity contribution in [1.82, 2.24) is 19.9 Å². The molecule has 0 aliphatic carbocycles. The lowest BCUT2D eigenvalue weighted by Crippen LogP contribution is -2.16. The zero-order valence-corrected chi connectivity index (χ0v) is 16.8. The van der Waals surface area contributed by atoms with E-state index < -0.39 is 0 Å². The molecule has 0 fully saturated rings. The summed E-state index contributed by atoms with van der Waals surface area (Å²) < 4.78 is 0. The molecule has 2 heterocycles. The second-order valence-electron chi connectivity index (χ2n) is 6.86. The molecule has 31 heavy (non-hydrogen) atoms. The highest BCUT2D eigenvalue weighted by Gasteiger charge is 2.13. The number of nitrogens with zero attached hydrogens (tertiary/aromatic N) is 4. The number of Topliss-reactive ketones (excluding diaryl/α,β-unsaturated/α-hetero) is 1. The largest absolute Gasteiger partial charge is 0.294 e. The van der Waals surface area contributed by atoms with E-state index in [-0.39, 0.29) is 17.6 Å². The first-order valence-corrected chi connectivity index (χ1v) is 9.71. The normalized spacial score (nSPS) is 10.5. The number of rotatable bonds is 6. The number of anilines is 1. The topological polar surface area (TPSA) is 97.7 Å². The maximum atomic E-state index is 12.6. The van der Waals surface area contributed by atoms with E-state index in [1.807, 2.05) is 36.4 Å². The quantitative estimate of drug-likeness (QED) is 0.485. The van der Waals surface area contributed by atoms with Gasteiger partial charge in [0, 0.05) is 23.7 Å². The van der Waals surface area contributed by atoms with E-state index in [9.17, 15) is 9.59 Å². The van der Waals surface area contributed by atoms with Crippen LogP contribution < -0.4 is 5.32 Å². The van der Waals surface area contributed by atoms with Gasteiger partial charge in [-0.25, -0.2) is 4.98 Å². The van der Waals surface area contributed by atoms with Crippen molar-refractivity contribution in [3.63, 3.8) is 0 Å². The van der Waals surface area contributed by atoms with Gasteiger partial charge in [0.05, 0.1) is 0 Å². The highest BCUT2D eigenvalue weighted by molar-refractivity contribution is 6.04. The number of carbonyl (C=O) groups excluding carboxylic acids is 2. The predicted octanol–water partition coefficient (Wildman–Crippen LogP) is 3.92. The fourth-order valence-electron chi connectivity index (χ4n) is 3.01. The molecule has 0 spiro atoms. The van der Waals surface area contributed by atoms with Gasteiger partial charge in [0.1, 0.15) is 11.5 Å². The molecular weight excluding hydrogens is 390 g/mol. The van der Waals surface area contributed by atoms with Gasteiger partial charge >= 0.3 is 0 Å². The molecule has 0 aliphatic rings. The van der Waals surface area contributed by atoms with Crippen molar-refractivity contribution < 1.29 is 9.59 Å². The number of ketones is 1. The number of aromatic nitrogens is 4. The van der Waals surface area contributed by atoms with Crippen LogP contribution in [-0.2, 0) is 6.42 Å². The Morgan fingerprint density at radius 1 is 0.806 bits per heavy atom. The molecule has 0 saturated heterocycles. The average molecular weight is 409 g/mol. The molecule has 0 unspecified atom stereocenters. The van der Waals surface area contributed by atoms with Gasteiger partial charge in [0.2, 0.25) is 5.95 Å². The molecule has 0 saturated carbocycles. The van der Waals surface area contributed by atoms with Crippen LogP contribution in [0.3, 0.4) is 0 Å². The van der Waals surface area contributed by atoms with Crippen LogP contribution in [0.1, 0.15) is 32.1 Å². The second-order valence-corrected chi connectivity index (χ2v) is 6.86. The zero-order chi connectivity index (χ0) is 21.6. The van der Waals surface area contributed by atoms with Gasteiger partial charge in [-0.3, -0.25) is 19.9 Å². The third kappa shape index (κ3) is 5.02. The summed E-state index contributed by atoms with van der Waals surface area (Å²) in [6.45, 7) is 1.72. The summed E-state index contributed by atoms with van der Waals surface area (Å²) in [5.74, 6) is 0.603. The number of nitrogens with one attached hydrogen (secondary N) is 1.